The molecule has 72 valence electrons. The molecule has 0 bridgehead atoms. The number of aromatic nitrogens is 2. The van der Waals surface area contributed by atoms with E-state index in [0.717, 1.165) is 12.1 Å². The molecule has 0 saturated heterocycles. The lowest BCUT2D eigenvalue weighted by molar-refractivity contribution is 1.15. The van der Waals surface area contributed by atoms with Crippen LogP contribution in [0.15, 0.2) is 24.0 Å². The highest BCUT2D eigenvalue weighted by atomic mass is 32.1. The van der Waals surface area contributed by atoms with Crippen LogP contribution in [0.4, 0.5) is 0 Å². The van der Waals surface area contributed by atoms with E-state index in [9.17, 15) is 0 Å². The van der Waals surface area contributed by atoms with Gasteiger partial charge < -0.3 is 4.98 Å². The summed E-state index contributed by atoms with van der Waals surface area (Å²) < 4.78 is 0. The summed E-state index contributed by atoms with van der Waals surface area (Å²) in [5, 5.41) is 2.20. The van der Waals surface area contributed by atoms with Crippen LogP contribution < -0.4 is 0 Å². The average Bonchev–Trinajstić information content (AvgIpc) is 2.86. The first kappa shape index (κ1) is 9.21. The Morgan fingerprint density at radius 2 is 2.43 bits per heavy atom. The summed E-state index contributed by atoms with van der Waals surface area (Å²) in [5.74, 6) is 0. The van der Waals surface area contributed by atoms with Gasteiger partial charge in [0.1, 0.15) is 0 Å². The quantitative estimate of drug-likeness (QED) is 0.817. The van der Waals surface area contributed by atoms with Gasteiger partial charge in [-0.3, -0.25) is 0 Å². The summed E-state index contributed by atoms with van der Waals surface area (Å²) in [6, 6.07) is 2.22. The van der Waals surface area contributed by atoms with Gasteiger partial charge >= 0.3 is 0 Å². The van der Waals surface area contributed by atoms with Crippen molar-refractivity contribution in [2.75, 3.05) is 0 Å². The van der Waals surface area contributed by atoms with Gasteiger partial charge in [-0.1, -0.05) is 6.92 Å². The molecule has 0 fully saturated rings. The number of aryl methyl sites for hydroxylation is 1. The molecule has 0 aliphatic heterocycles. The topological polar surface area (TPSA) is 28.7 Å². The van der Waals surface area contributed by atoms with E-state index in [4.69, 9.17) is 0 Å². The van der Waals surface area contributed by atoms with Crippen LogP contribution in [0.2, 0.25) is 0 Å². The number of rotatable bonds is 3. The standard InChI is InChI=1S/C11H12N2S/c1-2-9-5-11(14-7-9)4-3-10-6-12-8-13-10/h3-8H,2H2,1H3,(H,12,13)/b4-3+. The highest BCUT2D eigenvalue weighted by Crippen LogP contribution is 2.17. The average molecular weight is 204 g/mol. The highest BCUT2D eigenvalue weighted by molar-refractivity contribution is 7.11. The highest BCUT2D eigenvalue weighted by Gasteiger charge is 1.94. The molecule has 0 aliphatic rings. The largest absolute Gasteiger partial charge is 0.345 e. The lowest BCUT2D eigenvalue weighted by atomic mass is 10.2. The van der Waals surface area contributed by atoms with Gasteiger partial charge in [0.25, 0.3) is 0 Å². The van der Waals surface area contributed by atoms with Crippen LogP contribution in [0.3, 0.4) is 0 Å². The zero-order chi connectivity index (χ0) is 9.80. The number of aromatic amines is 1. The molecule has 0 spiro atoms. The molecule has 2 aromatic rings. The number of thiophene rings is 1. The number of H-pyrrole nitrogens is 1. The van der Waals surface area contributed by atoms with Crippen molar-refractivity contribution in [3.8, 4) is 0 Å². The minimum absolute atomic E-state index is 1.04. The molecule has 3 heteroatoms. The predicted molar refractivity (Wildman–Crippen MR) is 61.2 cm³/mol. The van der Waals surface area contributed by atoms with Crippen LogP contribution in [0.1, 0.15) is 23.1 Å². The second kappa shape index (κ2) is 4.24. The third-order valence-electron chi connectivity index (χ3n) is 2.03. The Kier molecular flexibility index (Phi) is 2.79. The molecule has 0 unspecified atom stereocenters. The van der Waals surface area contributed by atoms with Gasteiger partial charge in [-0.2, -0.15) is 0 Å². The second-order valence-electron chi connectivity index (χ2n) is 3.05. The van der Waals surface area contributed by atoms with E-state index < -0.39 is 0 Å². The lowest BCUT2D eigenvalue weighted by Crippen LogP contribution is -1.69. The summed E-state index contributed by atoms with van der Waals surface area (Å²) in [6.07, 6.45) is 8.75. The summed E-state index contributed by atoms with van der Waals surface area (Å²) in [5.41, 5.74) is 2.44. The van der Waals surface area contributed by atoms with Crippen LogP contribution in [-0.2, 0) is 6.42 Å². The van der Waals surface area contributed by atoms with Gasteiger partial charge in [0.05, 0.1) is 18.2 Å². The first-order chi connectivity index (χ1) is 6.88. The maximum atomic E-state index is 3.95. The van der Waals surface area contributed by atoms with Gasteiger partial charge in [0.15, 0.2) is 0 Å². The van der Waals surface area contributed by atoms with Crippen LogP contribution in [0.5, 0.6) is 0 Å². The van der Waals surface area contributed by atoms with Gasteiger partial charge in [0.2, 0.25) is 0 Å². The maximum absolute atomic E-state index is 3.95. The molecule has 0 aliphatic carbocycles. The van der Waals surface area contributed by atoms with Crippen molar-refractivity contribution in [1.29, 1.82) is 0 Å². The number of imidazole rings is 1. The first-order valence-corrected chi connectivity index (χ1v) is 5.50. The Morgan fingerprint density at radius 1 is 1.50 bits per heavy atom. The lowest BCUT2D eigenvalue weighted by Gasteiger charge is -1.84. The smallest absolute Gasteiger partial charge is 0.0924 e. The fraction of sp³-hybridized carbons (Fsp3) is 0.182. The van der Waals surface area contributed by atoms with Crippen molar-refractivity contribution in [2.45, 2.75) is 13.3 Å². The summed E-state index contributed by atoms with van der Waals surface area (Å²) in [4.78, 5) is 8.28. The van der Waals surface area contributed by atoms with Crippen LogP contribution in [0, 0.1) is 0 Å². The molecule has 2 heterocycles. The van der Waals surface area contributed by atoms with E-state index in [1.807, 2.05) is 12.3 Å². The van der Waals surface area contributed by atoms with Gasteiger partial charge in [-0.15, -0.1) is 11.3 Å². The molecule has 14 heavy (non-hydrogen) atoms. The van der Waals surface area contributed by atoms with Crippen LogP contribution in [0.25, 0.3) is 12.2 Å². The Labute approximate surface area is 87.3 Å². The van der Waals surface area contributed by atoms with Crippen LogP contribution >= 0.6 is 11.3 Å². The maximum Gasteiger partial charge on any atom is 0.0924 e. The van der Waals surface area contributed by atoms with Crippen molar-refractivity contribution >= 4 is 23.5 Å². The second-order valence-corrected chi connectivity index (χ2v) is 3.99. The zero-order valence-electron chi connectivity index (χ0n) is 8.03. The zero-order valence-corrected chi connectivity index (χ0v) is 8.84. The van der Waals surface area contributed by atoms with Gasteiger partial charge in [-0.05, 0) is 35.6 Å². The Morgan fingerprint density at radius 3 is 3.07 bits per heavy atom. The Hall–Kier alpha value is -1.35. The number of hydrogen-bond donors (Lipinski definition) is 1. The third-order valence-corrected chi connectivity index (χ3v) is 2.98. The van der Waals surface area contributed by atoms with Crippen molar-refractivity contribution in [2.24, 2.45) is 0 Å². The van der Waals surface area contributed by atoms with E-state index in [2.05, 4.69) is 34.4 Å². The molecule has 2 rings (SSSR count). The molecule has 0 radical (unpaired) electrons. The van der Waals surface area contributed by atoms with Gasteiger partial charge in [0, 0.05) is 4.88 Å². The molecular weight excluding hydrogens is 192 g/mol. The van der Waals surface area contributed by atoms with Gasteiger partial charge in [-0.25, -0.2) is 4.98 Å². The van der Waals surface area contributed by atoms with Crippen molar-refractivity contribution in [3.05, 3.63) is 40.1 Å². The molecular formula is C11H12N2S. The van der Waals surface area contributed by atoms with E-state index >= 15 is 0 Å². The summed E-state index contributed by atoms with van der Waals surface area (Å²) in [7, 11) is 0. The molecule has 0 amide bonds. The fourth-order valence-corrected chi connectivity index (χ4v) is 2.09. The molecule has 1 N–H and O–H groups in total. The number of nitrogens with zero attached hydrogens (tertiary/aromatic N) is 1. The molecule has 0 atom stereocenters. The third kappa shape index (κ3) is 2.12. The first-order valence-electron chi connectivity index (χ1n) is 4.62. The Balaban J connectivity index is 2.10. The van der Waals surface area contributed by atoms with Crippen molar-refractivity contribution in [1.82, 2.24) is 9.97 Å². The Bertz CT molecular complexity index is 412. The summed E-state index contributed by atoms with van der Waals surface area (Å²) in [6.45, 7) is 2.17. The van der Waals surface area contributed by atoms with E-state index in [0.29, 0.717) is 0 Å². The van der Waals surface area contributed by atoms with Crippen molar-refractivity contribution < 1.29 is 0 Å². The van der Waals surface area contributed by atoms with Crippen LogP contribution in [-0.4, -0.2) is 9.97 Å². The minimum atomic E-state index is 1.04. The fourth-order valence-electron chi connectivity index (χ4n) is 1.20. The summed E-state index contributed by atoms with van der Waals surface area (Å²) >= 11 is 1.77. The number of hydrogen-bond acceptors (Lipinski definition) is 2. The van der Waals surface area contributed by atoms with E-state index in [1.54, 1.807) is 17.7 Å². The van der Waals surface area contributed by atoms with E-state index in [1.165, 1.54) is 10.4 Å². The molecule has 2 aromatic heterocycles. The molecule has 0 aromatic carbocycles. The molecule has 0 saturated carbocycles. The predicted octanol–water partition coefficient (Wildman–Crippen LogP) is 3.20. The minimum Gasteiger partial charge on any atom is -0.345 e. The van der Waals surface area contributed by atoms with Crippen molar-refractivity contribution in [3.63, 3.8) is 0 Å². The van der Waals surface area contributed by atoms with E-state index in [-0.39, 0.29) is 0 Å². The monoisotopic (exact) mass is 204 g/mol. The normalized spacial score (nSPS) is 11.2. The molecule has 2 nitrogen and oxygen atoms in total. The SMILES string of the molecule is CCc1csc(/C=C/c2cnc[nH]2)c1. The number of nitrogens with one attached hydrogen (secondary N) is 1.